The zero-order chi connectivity index (χ0) is 21.8. The van der Waals surface area contributed by atoms with Crippen LogP contribution in [0.25, 0.3) is 0 Å². The minimum absolute atomic E-state index is 0.0631. The highest BCUT2D eigenvalue weighted by atomic mass is 32.1. The van der Waals surface area contributed by atoms with Gasteiger partial charge in [-0.15, -0.1) is 11.3 Å². The number of rotatable bonds is 6. The molecule has 0 aliphatic carbocycles. The monoisotopic (exact) mass is 438 g/mol. The number of carbonyl (C=O) groups is 1. The second-order valence-corrected chi connectivity index (χ2v) is 9.00. The van der Waals surface area contributed by atoms with Gasteiger partial charge in [0.25, 0.3) is 5.91 Å². The first-order valence-corrected chi connectivity index (χ1v) is 11.4. The molecular weight excluding hydrogens is 411 g/mol. The van der Waals surface area contributed by atoms with Gasteiger partial charge in [-0.05, 0) is 54.6 Å². The smallest absolute Gasteiger partial charge is 0.264 e. The van der Waals surface area contributed by atoms with Crippen molar-refractivity contribution in [2.24, 2.45) is 0 Å². The standard InChI is InChI=1S/C25H27FN2O2S/c1-18-11-19(2)13-22(12-18)30-16-20-14-24(31-17-20)25(29)28-9-7-27(8-10-28)15-21-5-3-4-6-23(21)26/h3-6,11-14,17H,7-10,15-16H2,1-2H3. The average molecular weight is 439 g/mol. The normalized spacial score (nSPS) is 14.6. The molecule has 0 atom stereocenters. The van der Waals surface area contributed by atoms with Crippen molar-refractivity contribution < 1.29 is 13.9 Å². The topological polar surface area (TPSA) is 32.8 Å². The van der Waals surface area contributed by atoms with Crippen molar-refractivity contribution in [1.29, 1.82) is 0 Å². The number of nitrogens with zero attached hydrogens (tertiary/aromatic N) is 2. The maximum Gasteiger partial charge on any atom is 0.264 e. The third kappa shape index (κ3) is 5.51. The third-order valence-electron chi connectivity index (χ3n) is 5.48. The van der Waals surface area contributed by atoms with Crippen molar-refractivity contribution in [2.45, 2.75) is 27.0 Å². The van der Waals surface area contributed by atoms with Crippen LogP contribution in [0.1, 0.15) is 31.9 Å². The van der Waals surface area contributed by atoms with Crippen molar-refractivity contribution in [3.63, 3.8) is 0 Å². The van der Waals surface area contributed by atoms with Crippen LogP contribution in [0.4, 0.5) is 4.39 Å². The van der Waals surface area contributed by atoms with Crippen LogP contribution in [0.5, 0.6) is 5.75 Å². The fourth-order valence-corrected chi connectivity index (χ4v) is 4.74. The van der Waals surface area contributed by atoms with Crippen molar-refractivity contribution >= 4 is 17.2 Å². The first-order chi connectivity index (χ1) is 15.0. The van der Waals surface area contributed by atoms with E-state index in [0.29, 0.717) is 31.8 Å². The quantitative estimate of drug-likeness (QED) is 0.541. The molecule has 4 rings (SSSR count). The maximum atomic E-state index is 13.9. The first-order valence-electron chi connectivity index (χ1n) is 10.5. The summed E-state index contributed by atoms with van der Waals surface area (Å²) >= 11 is 1.46. The van der Waals surface area contributed by atoms with Gasteiger partial charge in [-0.25, -0.2) is 4.39 Å². The van der Waals surface area contributed by atoms with Gasteiger partial charge in [-0.1, -0.05) is 24.3 Å². The molecule has 0 unspecified atom stereocenters. The molecule has 1 amide bonds. The van der Waals surface area contributed by atoms with Gasteiger partial charge in [-0.3, -0.25) is 9.69 Å². The van der Waals surface area contributed by atoms with Gasteiger partial charge < -0.3 is 9.64 Å². The molecule has 3 aromatic rings. The molecule has 1 aromatic heterocycles. The predicted molar refractivity (Wildman–Crippen MR) is 122 cm³/mol. The highest BCUT2D eigenvalue weighted by molar-refractivity contribution is 7.12. The van der Waals surface area contributed by atoms with E-state index in [9.17, 15) is 9.18 Å². The van der Waals surface area contributed by atoms with Crippen LogP contribution >= 0.6 is 11.3 Å². The van der Waals surface area contributed by atoms with Crippen molar-refractivity contribution in [2.75, 3.05) is 26.2 Å². The van der Waals surface area contributed by atoms with Gasteiger partial charge in [0.2, 0.25) is 0 Å². The predicted octanol–water partition coefficient (Wildman–Crippen LogP) is 5.04. The Labute approximate surface area is 186 Å². The summed E-state index contributed by atoms with van der Waals surface area (Å²) in [5.74, 6) is 0.742. The van der Waals surface area contributed by atoms with Gasteiger partial charge >= 0.3 is 0 Å². The molecule has 6 heteroatoms. The Morgan fingerprint density at radius 2 is 1.74 bits per heavy atom. The molecule has 0 N–H and O–H groups in total. The van der Waals surface area contributed by atoms with E-state index in [1.807, 2.05) is 40.6 Å². The molecule has 1 saturated heterocycles. The molecule has 162 valence electrons. The highest BCUT2D eigenvalue weighted by Gasteiger charge is 2.23. The van der Waals surface area contributed by atoms with Crippen LogP contribution in [0.2, 0.25) is 0 Å². The van der Waals surface area contributed by atoms with Crippen LogP contribution in [0, 0.1) is 19.7 Å². The summed E-state index contributed by atoms with van der Waals surface area (Å²) in [7, 11) is 0. The molecule has 2 aromatic carbocycles. The average Bonchev–Trinajstić information content (AvgIpc) is 3.22. The molecule has 1 aliphatic heterocycles. The van der Waals surface area contributed by atoms with Gasteiger partial charge in [0, 0.05) is 43.9 Å². The van der Waals surface area contributed by atoms with Crippen LogP contribution in [0.3, 0.4) is 0 Å². The van der Waals surface area contributed by atoms with E-state index < -0.39 is 0 Å². The summed E-state index contributed by atoms with van der Waals surface area (Å²) in [5, 5.41) is 1.99. The summed E-state index contributed by atoms with van der Waals surface area (Å²) in [6.45, 7) is 7.92. The summed E-state index contributed by atoms with van der Waals surface area (Å²) in [5.41, 5.74) is 4.05. The fourth-order valence-electron chi connectivity index (χ4n) is 3.88. The molecule has 4 nitrogen and oxygen atoms in total. The van der Waals surface area contributed by atoms with Crippen LogP contribution in [0.15, 0.2) is 53.9 Å². The largest absolute Gasteiger partial charge is 0.489 e. The number of aryl methyl sites for hydroxylation is 2. The Morgan fingerprint density at radius 1 is 1.03 bits per heavy atom. The minimum atomic E-state index is -0.171. The molecule has 1 aliphatic rings. The Bertz CT molecular complexity index is 1040. The lowest BCUT2D eigenvalue weighted by atomic mass is 10.1. The molecule has 0 saturated carbocycles. The number of ether oxygens (including phenoxy) is 1. The number of amides is 1. The minimum Gasteiger partial charge on any atom is -0.489 e. The number of hydrogen-bond acceptors (Lipinski definition) is 4. The lowest BCUT2D eigenvalue weighted by Crippen LogP contribution is -2.48. The van der Waals surface area contributed by atoms with Gasteiger partial charge in [-0.2, -0.15) is 0 Å². The SMILES string of the molecule is Cc1cc(C)cc(OCc2csc(C(=O)N3CCN(Cc4ccccc4F)CC3)c2)c1. The lowest BCUT2D eigenvalue weighted by molar-refractivity contribution is 0.0631. The molecule has 0 radical (unpaired) electrons. The second kappa shape index (κ2) is 9.62. The van der Waals surface area contributed by atoms with Gasteiger partial charge in [0.15, 0.2) is 0 Å². The van der Waals surface area contributed by atoms with Crippen molar-refractivity contribution in [1.82, 2.24) is 9.80 Å². The Kier molecular flexibility index (Phi) is 6.68. The summed E-state index contributed by atoms with van der Waals surface area (Å²) in [6, 6.07) is 15.0. The lowest BCUT2D eigenvalue weighted by Gasteiger charge is -2.34. The van der Waals surface area contributed by atoms with Gasteiger partial charge in [0.1, 0.15) is 18.2 Å². The Balaban J connectivity index is 1.29. The highest BCUT2D eigenvalue weighted by Crippen LogP contribution is 2.22. The summed E-state index contributed by atoms with van der Waals surface area (Å²) in [6.07, 6.45) is 0. The van der Waals surface area contributed by atoms with E-state index in [4.69, 9.17) is 4.74 Å². The summed E-state index contributed by atoms with van der Waals surface area (Å²) in [4.78, 5) is 17.7. The summed E-state index contributed by atoms with van der Waals surface area (Å²) < 4.78 is 19.8. The maximum absolute atomic E-state index is 13.9. The van der Waals surface area contributed by atoms with E-state index >= 15 is 0 Å². The van der Waals surface area contributed by atoms with E-state index in [2.05, 4.69) is 24.8 Å². The number of thiophene rings is 1. The second-order valence-electron chi connectivity index (χ2n) is 8.09. The zero-order valence-electron chi connectivity index (χ0n) is 17.9. The van der Waals surface area contributed by atoms with E-state index in [-0.39, 0.29) is 11.7 Å². The van der Waals surface area contributed by atoms with E-state index in [1.54, 1.807) is 6.07 Å². The van der Waals surface area contributed by atoms with E-state index in [0.717, 1.165) is 29.3 Å². The van der Waals surface area contributed by atoms with E-state index in [1.165, 1.54) is 28.5 Å². The first kappa shape index (κ1) is 21.5. The van der Waals surface area contributed by atoms with Crippen LogP contribution in [-0.4, -0.2) is 41.9 Å². The molecule has 2 heterocycles. The molecular formula is C25H27FN2O2S. The number of hydrogen-bond donors (Lipinski definition) is 0. The number of benzene rings is 2. The molecule has 0 bridgehead atoms. The zero-order valence-corrected chi connectivity index (χ0v) is 18.8. The fraction of sp³-hybridized carbons (Fsp3) is 0.320. The molecule has 31 heavy (non-hydrogen) atoms. The number of piperazine rings is 1. The number of carbonyl (C=O) groups excluding carboxylic acids is 1. The third-order valence-corrected chi connectivity index (χ3v) is 6.44. The number of halogens is 1. The van der Waals surface area contributed by atoms with Crippen molar-refractivity contribution in [3.05, 3.63) is 86.9 Å². The van der Waals surface area contributed by atoms with Crippen LogP contribution in [-0.2, 0) is 13.2 Å². The molecule has 0 spiro atoms. The Morgan fingerprint density at radius 3 is 2.45 bits per heavy atom. The van der Waals surface area contributed by atoms with Gasteiger partial charge in [0.05, 0.1) is 4.88 Å². The molecule has 1 fully saturated rings. The Hall–Kier alpha value is -2.70. The van der Waals surface area contributed by atoms with Crippen molar-refractivity contribution in [3.8, 4) is 5.75 Å². The van der Waals surface area contributed by atoms with Crippen LogP contribution < -0.4 is 4.74 Å².